The standard InChI is InChI=1S/C11H9N3O2S2/c1-8-2-4-10(12-6-8)17-18-11-5-3-9(7-13-11)14(15)16/h2-7H,1H3. The van der Waals surface area contributed by atoms with E-state index in [1.54, 1.807) is 12.3 Å². The minimum atomic E-state index is -0.462. The average Bonchev–Trinajstić information content (AvgIpc) is 2.38. The van der Waals surface area contributed by atoms with Gasteiger partial charge in [-0.25, -0.2) is 9.97 Å². The summed E-state index contributed by atoms with van der Waals surface area (Å²) in [7, 11) is 2.89. The van der Waals surface area contributed by atoms with E-state index in [0.717, 1.165) is 10.6 Å². The Bertz CT molecular complexity index is 543. The molecule has 0 saturated heterocycles. The largest absolute Gasteiger partial charge is 0.287 e. The Hall–Kier alpha value is -1.60. The average molecular weight is 279 g/mol. The lowest BCUT2D eigenvalue weighted by Crippen LogP contribution is -1.88. The molecule has 0 fully saturated rings. The molecule has 18 heavy (non-hydrogen) atoms. The molecule has 5 nitrogen and oxygen atoms in total. The van der Waals surface area contributed by atoms with Gasteiger partial charge in [-0.05, 0) is 46.2 Å². The molecule has 0 atom stereocenters. The van der Waals surface area contributed by atoms with Crippen LogP contribution in [0.4, 0.5) is 5.69 Å². The summed E-state index contributed by atoms with van der Waals surface area (Å²) < 4.78 is 0. The minimum Gasteiger partial charge on any atom is -0.258 e. The SMILES string of the molecule is Cc1ccc(SSc2ccc([N+](=O)[O-])cn2)nc1. The van der Waals surface area contributed by atoms with E-state index in [1.165, 1.54) is 33.9 Å². The van der Waals surface area contributed by atoms with Crippen LogP contribution in [0.15, 0.2) is 46.7 Å². The Balaban J connectivity index is 1.97. The van der Waals surface area contributed by atoms with Crippen molar-refractivity contribution in [3.63, 3.8) is 0 Å². The van der Waals surface area contributed by atoms with Gasteiger partial charge in [-0.15, -0.1) is 0 Å². The first-order chi connectivity index (χ1) is 8.65. The molecule has 2 aromatic rings. The van der Waals surface area contributed by atoms with Gasteiger partial charge in [0.25, 0.3) is 5.69 Å². The second-order valence-corrected chi connectivity index (χ2v) is 5.62. The second-order valence-electron chi connectivity index (χ2n) is 3.45. The summed E-state index contributed by atoms with van der Waals surface area (Å²) in [5.74, 6) is 0. The molecular weight excluding hydrogens is 270 g/mol. The van der Waals surface area contributed by atoms with E-state index in [9.17, 15) is 10.1 Å². The molecule has 0 amide bonds. The van der Waals surface area contributed by atoms with Gasteiger partial charge in [0.1, 0.15) is 16.2 Å². The first kappa shape index (κ1) is 12.8. The zero-order chi connectivity index (χ0) is 13.0. The number of aromatic nitrogens is 2. The topological polar surface area (TPSA) is 68.9 Å². The summed E-state index contributed by atoms with van der Waals surface area (Å²) >= 11 is 0. The fourth-order valence-electron chi connectivity index (χ4n) is 1.12. The summed E-state index contributed by atoms with van der Waals surface area (Å²) in [5.41, 5.74) is 1.11. The van der Waals surface area contributed by atoms with Crippen LogP contribution in [0.25, 0.3) is 0 Å². The van der Waals surface area contributed by atoms with E-state index < -0.39 is 4.92 Å². The highest BCUT2D eigenvalue weighted by Gasteiger charge is 2.06. The lowest BCUT2D eigenvalue weighted by Gasteiger charge is -2.00. The maximum atomic E-state index is 10.5. The van der Waals surface area contributed by atoms with Crippen molar-refractivity contribution in [3.05, 3.63) is 52.3 Å². The smallest absolute Gasteiger partial charge is 0.258 e. The third-order valence-electron chi connectivity index (χ3n) is 2.03. The van der Waals surface area contributed by atoms with E-state index in [1.807, 2.05) is 19.1 Å². The summed E-state index contributed by atoms with van der Waals surface area (Å²) in [6.45, 7) is 1.98. The van der Waals surface area contributed by atoms with Gasteiger partial charge >= 0.3 is 0 Å². The normalized spacial score (nSPS) is 10.3. The molecule has 0 radical (unpaired) electrons. The maximum Gasteiger partial charge on any atom is 0.287 e. The molecule has 92 valence electrons. The van der Waals surface area contributed by atoms with Crippen molar-refractivity contribution in [2.75, 3.05) is 0 Å². The fourth-order valence-corrected chi connectivity index (χ4v) is 2.83. The van der Waals surface area contributed by atoms with Crippen molar-refractivity contribution in [2.45, 2.75) is 17.0 Å². The quantitative estimate of drug-likeness (QED) is 0.485. The monoisotopic (exact) mass is 279 g/mol. The van der Waals surface area contributed by atoms with Gasteiger partial charge in [0, 0.05) is 12.3 Å². The summed E-state index contributed by atoms with van der Waals surface area (Å²) in [6, 6.07) is 6.99. The van der Waals surface area contributed by atoms with Crippen LogP contribution in [0.3, 0.4) is 0 Å². The van der Waals surface area contributed by atoms with Crippen LogP contribution < -0.4 is 0 Å². The second kappa shape index (κ2) is 5.83. The third-order valence-corrected chi connectivity index (χ3v) is 4.21. The van der Waals surface area contributed by atoms with Crippen LogP contribution in [-0.2, 0) is 0 Å². The van der Waals surface area contributed by atoms with Crippen molar-refractivity contribution >= 4 is 27.3 Å². The molecule has 2 rings (SSSR count). The third kappa shape index (κ3) is 3.44. The van der Waals surface area contributed by atoms with Crippen LogP contribution in [0.5, 0.6) is 0 Å². The van der Waals surface area contributed by atoms with Crippen molar-refractivity contribution in [1.82, 2.24) is 9.97 Å². The van der Waals surface area contributed by atoms with E-state index >= 15 is 0 Å². The van der Waals surface area contributed by atoms with Gasteiger partial charge in [-0.3, -0.25) is 10.1 Å². The molecule has 0 saturated carbocycles. The van der Waals surface area contributed by atoms with Crippen LogP contribution in [0.2, 0.25) is 0 Å². The van der Waals surface area contributed by atoms with Gasteiger partial charge in [0.2, 0.25) is 0 Å². The van der Waals surface area contributed by atoms with Crippen molar-refractivity contribution in [2.24, 2.45) is 0 Å². The molecular formula is C11H9N3O2S2. The highest BCUT2D eigenvalue weighted by molar-refractivity contribution is 8.76. The lowest BCUT2D eigenvalue weighted by atomic mass is 10.3. The molecule has 0 aromatic carbocycles. The first-order valence-electron chi connectivity index (χ1n) is 5.03. The predicted octanol–water partition coefficient (Wildman–Crippen LogP) is 3.49. The number of hydrogen-bond acceptors (Lipinski definition) is 6. The molecule has 0 unspecified atom stereocenters. The molecule has 0 N–H and O–H groups in total. The van der Waals surface area contributed by atoms with Crippen molar-refractivity contribution in [3.8, 4) is 0 Å². The van der Waals surface area contributed by atoms with Gasteiger partial charge in [-0.1, -0.05) is 6.07 Å². The number of rotatable bonds is 4. The van der Waals surface area contributed by atoms with E-state index in [2.05, 4.69) is 9.97 Å². The number of aryl methyl sites for hydroxylation is 1. The molecule has 0 aliphatic carbocycles. The molecule has 2 aromatic heterocycles. The Labute approximate surface area is 112 Å². The number of hydrogen-bond donors (Lipinski definition) is 0. The van der Waals surface area contributed by atoms with E-state index in [4.69, 9.17) is 0 Å². The van der Waals surface area contributed by atoms with Crippen LogP contribution in [-0.4, -0.2) is 14.9 Å². The minimum absolute atomic E-state index is 0.00203. The van der Waals surface area contributed by atoms with Gasteiger partial charge in [0.05, 0.1) is 4.92 Å². The fraction of sp³-hybridized carbons (Fsp3) is 0.0909. The molecule has 2 heterocycles. The van der Waals surface area contributed by atoms with Gasteiger partial charge < -0.3 is 0 Å². The van der Waals surface area contributed by atoms with Crippen LogP contribution >= 0.6 is 21.6 Å². The van der Waals surface area contributed by atoms with E-state index in [0.29, 0.717) is 5.03 Å². The maximum absolute atomic E-state index is 10.5. The van der Waals surface area contributed by atoms with E-state index in [-0.39, 0.29) is 5.69 Å². The van der Waals surface area contributed by atoms with Gasteiger partial charge in [0.15, 0.2) is 0 Å². The summed E-state index contributed by atoms with van der Waals surface area (Å²) in [5, 5.41) is 12.1. The number of pyridine rings is 2. The Morgan fingerprint density at radius 1 is 1.06 bits per heavy atom. The summed E-state index contributed by atoms with van der Waals surface area (Å²) in [4.78, 5) is 18.3. The highest BCUT2D eigenvalue weighted by Crippen LogP contribution is 2.35. The Morgan fingerprint density at radius 2 is 1.67 bits per heavy atom. The Morgan fingerprint density at radius 3 is 2.11 bits per heavy atom. The summed E-state index contributed by atoms with van der Waals surface area (Å²) in [6.07, 6.45) is 3.05. The number of nitro groups is 1. The molecule has 0 spiro atoms. The highest BCUT2D eigenvalue weighted by atomic mass is 33.1. The molecule has 0 bridgehead atoms. The zero-order valence-corrected chi connectivity index (χ0v) is 11.1. The number of nitrogens with zero attached hydrogens (tertiary/aromatic N) is 3. The van der Waals surface area contributed by atoms with Crippen LogP contribution in [0, 0.1) is 17.0 Å². The van der Waals surface area contributed by atoms with Gasteiger partial charge in [-0.2, -0.15) is 0 Å². The first-order valence-corrected chi connectivity index (χ1v) is 7.18. The van der Waals surface area contributed by atoms with Crippen molar-refractivity contribution < 1.29 is 4.92 Å². The van der Waals surface area contributed by atoms with Crippen molar-refractivity contribution in [1.29, 1.82) is 0 Å². The lowest BCUT2D eigenvalue weighted by molar-refractivity contribution is -0.385. The zero-order valence-electron chi connectivity index (χ0n) is 9.44. The van der Waals surface area contributed by atoms with Crippen LogP contribution in [0.1, 0.15) is 5.56 Å². The Kier molecular flexibility index (Phi) is 4.16. The molecule has 7 heteroatoms. The predicted molar refractivity (Wildman–Crippen MR) is 71.6 cm³/mol. The molecule has 0 aliphatic rings. The molecule has 0 aliphatic heterocycles.